The van der Waals surface area contributed by atoms with Crippen molar-refractivity contribution in [3.63, 3.8) is 0 Å². The Labute approximate surface area is 84.9 Å². The number of aromatic amines is 1. The molecule has 3 N–H and O–H groups in total. The van der Waals surface area contributed by atoms with Gasteiger partial charge in [-0.1, -0.05) is 15.9 Å². The molecule has 0 aliphatic carbocycles. The van der Waals surface area contributed by atoms with Gasteiger partial charge in [0.2, 0.25) is 0 Å². The van der Waals surface area contributed by atoms with Crippen molar-refractivity contribution in [2.75, 3.05) is 5.73 Å². The van der Waals surface area contributed by atoms with Gasteiger partial charge in [0, 0.05) is 27.6 Å². The second-order valence-electron chi connectivity index (χ2n) is 2.82. The van der Waals surface area contributed by atoms with Crippen LogP contribution in [0, 0.1) is 0 Å². The molecular weight excluding hydrogens is 228 g/mol. The van der Waals surface area contributed by atoms with Crippen LogP contribution in [0.2, 0.25) is 0 Å². The van der Waals surface area contributed by atoms with Crippen LogP contribution >= 0.6 is 15.9 Å². The Morgan fingerprint density at radius 3 is 2.69 bits per heavy atom. The number of benzene rings is 1. The van der Waals surface area contributed by atoms with Gasteiger partial charge in [0.1, 0.15) is 0 Å². The summed E-state index contributed by atoms with van der Waals surface area (Å²) in [4.78, 5) is 3.14. The minimum absolute atomic E-state index is 0.766. The molecule has 0 atom stereocenters. The van der Waals surface area contributed by atoms with Crippen LogP contribution in [-0.4, -0.2) is 4.98 Å². The summed E-state index contributed by atoms with van der Waals surface area (Å²) in [6, 6.07) is 9.77. The van der Waals surface area contributed by atoms with Gasteiger partial charge in [-0.25, -0.2) is 0 Å². The topological polar surface area (TPSA) is 41.8 Å². The first-order chi connectivity index (χ1) is 6.27. The lowest BCUT2D eigenvalue weighted by Crippen LogP contribution is -1.85. The third-order valence-corrected chi connectivity index (χ3v) is 2.54. The molecule has 0 bridgehead atoms. The van der Waals surface area contributed by atoms with Crippen LogP contribution in [-0.2, 0) is 0 Å². The predicted molar refractivity (Wildman–Crippen MR) is 58.3 cm³/mol. The van der Waals surface area contributed by atoms with E-state index in [9.17, 15) is 0 Å². The second kappa shape index (κ2) is 3.26. The highest BCUT2D eigenvalue weighted by molar-refractivity contribution is 9.10. The first-order valence-electron chi connectivity index (χ1n) is 3.96. The molecular formula is C10H9BrN2. The summed E-state index contributed by atoms with van der Waals surface area (Å²) in [6.45, 7) is 0. The molecule has 1 aromatic carbocycles. The van der Waals surface area contributed by atoms with Crippen LogP contribution < -0.4 is 5.73 Å². The lowest BCUT2D eigenvalue weighted by Gasteiger charge is -2.02. The molecule has 0 spiro atoms. The van der Waals surface area contributed by atoms with Crippen LogP contribution in [0.15, 0.2) is 41.0 Å². The summed E-state index contributed by atoms with van der Waals surface area (Å²) in [5.74, 6) is 0. The Kier molecular flexibility index (Phi) is 2.10. The highest BCUT2D eigenvalue weighted by atomic mass is 79.9. The van der Waals surface area contributed by atoms with E-state index in [1.807, 2.05) is 36.5 Å². The first-order valence-corrected chi connectivity index (χ1v) is 4.75. The minimum Gasteiger partial charge on any atom is -0.399 e. The molecule has 0 radical (unpaired) electrons. The van der Waals surface area contributed by atoms with E-state index in [-0.39, 0.29) is 0 Å². The normalized spacial score (nSPS) is 10.2. The van der Waals surface area contributed by atoms with Crippen molar-refractivity contribution in [2.24, 2.45) is 0 Å². The monoisotopic (exact) mass is 236 g/mol. The van der Waals surface area contributed by atoms with Gasteiger partial charge in [0.15, 0.2) is 0 Å². The molecule has 3 heteroatoms. The van der Waals surface area contributed by atoms with E-state index in [1.165, 1.54) is 0 Å². The number of halogens is 1. The zero-order valence-corrected chi connectivity index (χ0v) is 8.51. The maximum absolute atomic E-state index is 5.64. The van der Waals surface area contributed by atoms with Crippen molar-refractivity contribution in [2.45, 2.75) is 0 Å². The Hall–Kier alpha value is -1.22. The van der Waals surface area contributed by atoms with Crippen LogP contribution in [0.1, 0.15) is 0 Å². The highest BCUT2D eigenvalue weighted by Gasteiger charge is 2.02. The highest BCUT2D eigenvalue weighted by Crippen LogP contribution is 2.28. The van der Waals surface area contributed by atoms with E-state index in [4.69, 9.17) is 5.73 Å². The standard InChI is InChI=1S/C10H9BrN2/c11-9-6-7(12)3-4-8(9)10-2-1-5-13-10/h1-6,13H,12H2. The smallest absolute Gasteiger partial charge is 0.0465 e. The van der Waals surface area contributed by atoms with Gasteiger partial charge in [-0.15, -0.1) is 0 Å². The maximum atomic E-state index is 5.64. The fourth-order valence-electron chi connectivity index (χ4n) is 1.25. The number of aromatic nitrogens is 1. The van der Waals surface area contributed by atoms with E-state index in [1.54, 1.807) is 0 Å². The summed E-state index contributed by atoms with van der Waals surface area (Å²) in [5.41, 5.74) is 8.62. The summed E-state index contributed by atoms with van der Waals surface area (Å²) in [5, 5.41) is 0. The van der Waals surface area contributed by atoms with Crippen LogP contribution in [0.3, 0.4) is 0 Å². The fraction of sp³-hybridized carbons (Fsp3) is 0. The van der Waals surface area contributed by atoms with E-state index in [0.29, 0.717) is 0 Å². The van der Waals surface area contributed by atoms with Gasteiger partial charge in [0.05, 0.1) is 0 Å². The molecule has 13 heavy (non-hydrogen) atoms. The van der Waals surface area contributed by atoms with Crippen molar-refractivity contribution < 1.29 is 0 Å². The van der Waals surface area contributed by atoms with Crippen LogP contribution in [0.4, 0.5) is 5.69 Å². The number of rotatable bonds is 1. The number of H-pyrrole nitrogens is 1. The molecule has 1 heterocycles. The predicted octanol–water partition coefficient (Wildman–Crippen LogP) is 3.03. The Bertz CT molecular complexity index is 407. The Balaban J connectivity index is 2.53. The largest absolute Gasteiger partial charge is 0.399 e. The molecule has 2 rings (SSSR count). The molecule has 0 unspecified atom stereocenters. The number of hydrogen-bond acceptors (Lipinski definition) is 1. The Morgan fingerprint density at radius 1 is 1.23 bits per heavy atom. The van der Waals surface area contributed by atoms with Crippen LogP contribution in [0.5, 0.6) is 0 Å². The number of nitrogen functional groups attached to an aromatic ring is 1. The molecule has 0 saturated carbocycles. The van der Waals surface area contributed by atoms with Gasteiger partial charge in [-0.05, 0) is 30.3 Å². The van der Waals surface area contributed by atoms with Gasteiger partial charge in [0.25, 0.3) is 0 Å². The van der Waals surface area contributed by atoms with Gasteiger partial charge in [-0.3, -0.25) is 0 Å². The van der Waals surface area contributed by atoms with E-state index >= 15 is 0 Å². The molecule has 0 saturated heterocycles. The van der Waals surface area contributed by atoms with Crippen LogP contribution in [0.25, 0.3) is 11.3 Å². The van der Waals surface area contributed by atoms with E-state index in [2.05, 4.69) is 20.9 Å². The van der Waals surface area contributed by atoms with E-state index in [0.717, 1.165) is 21.4 Å². The SMILES string of the molecule is Nc1ccc(-c2ccc[nH]2)c(Br)c1. The van der Waals surface area contributed by atoms with Crippen molar-refractivity contribution in [1.29, 1.82) is 0 Å². The summed E-state index contributed by atoms with van der Waals surface area (Å²) < 4.78 is 1.01. The molecule has 0 amide bonds. The zero-order chi connectivity index (χ0) is 9.26. The molecule has 2 nitrogen and oxygen atoms in total. The average Bonchev–Trinajstić information content (AvgIpc) is 2.56. The Morgan fingerprint density at radius 2 is 2.08 bits per heavy atom. The lowest BCUT2D eigenvalue weighted by atomic mass is 10.1. The first kappa shape index (κ1) is 8.38. The minimum atomic E-state index is 0.766. The third-order valence-electron chi connectivity index (χ3n) is 1.88. The summed E-state index contributed by atoms with van der Waals surface area (Å²) in [6.07, 6.45) is 1.90. The van der Waals surface area contributed by atoms with Gasteiger partial charge in [-0.2, -0.15) is 0 Å². The average molecular weight is 237 g/mol. The molecule has 2 aromatic rings. The third kappa shape index (κ3) is 1.60. The second-order valence-corrected chi connectivity index (χ2v) is 3.68. The van der Waals surface area contributed by atoms with Crippen molar-refractivity contribution in [3.05, 3.63) is 41.0 Å². The van der Waals surface area contributed by atoms with Crippen molar-refractivity contribution in [3.8, 4) is 11.3 Å². The van der Waals surface area contributed by atoms with Gasteiger partial charge < -0.3 is 10.7 Å². The molecule has 0 aliphatic rings. The number of nitrogens with two attached hydrogens (primary N) is 1. The lowest BCUT2D eigenvalue weighted by molar-refractivity contribution is 1.39. The summed E-state index contributed by atoms with van der Waals surface area (Å²) >= 11 is 3.47. The molecule has 66 valence electrons. The summed E-state index contributed by atoms with van der Waals surface area (Å²) in [7, 11) is 0. The quantitative estimate of drug-likeness (QED) is 0.735. The number of nitrogens with one attached hydrogen (secondary N) is 1. The fourth-order valence-corrected chi connectivity index (χ4v) is 1.86. The van der Waals surface area contributed by atoms with E-state index < -0.39 is 0 Å². The zero-order valence-electron chi connectivity index (χ0n) is 6.92. The van der Waals surface area contributed by atoms with Crippen molar-refractivity contribution >= 4 is 21.6 Å². The van der Waals surface area contributed by atoms with Gasteiger partial charge >= 0.3 is 0 Å². The molecule has 0 fully saturated rings. The molecule has 0 aliphatic heterocycles. The number of anilines is 1. The van der Waals surface area contributed by atoms with Crippen molar-refractivity contribution in [1.82, 2.24) is 4.98 Å². The maximum Gasteiger partial charge on any atom is 0.0465 e. The number of hydrogen-bond donors (Lipinski definition) is 2. The molecule has 1 aromatic heterocycles.